The molecule has 0 unspecified atom stereocenters. The Balaban J connectivity index is 1.76. The minimum absolute atomic E-state index is 0.115. The fraction of sp³-hybridized carbons (Fsp3) is 0.111. The lowest BCUT2D eigenvalue weighted by atomic mass is 10.0. The first-order valence-corrected chi connectivity index (χ1v) is 7.70. The van der Waals surface area contributed by atoms with Gasteiger partial charge in [-0.25, -0.2) is 4.98 Å². The Morgan fingerprint density at radius 1 is 1.00 bits per heavy atom. The molecule has 0 aliphatic carbocycles. The number of carbonyl (C=O) groups is 1. The predicted molar refractivity (Wildman–Crippen MR) is 86.8 cm³/mol. The molecule has 0 radical (unpaired) electrons. The van der Waals surface area contributed by atoms with Gasteiger partial charge >= 0.3 is 0 Å². The molecule has 0 amide bonds. The summed E-state index contributed by atoms with van der Waals surface area (Å²) in [6.45, 7) is 1.94. The van der Waals surface area contributed by atoms with Gasteiger partial charge in [0.2, 0.25) is 0 Å². The van der Waals surface area contributed by atoms with Crippen LogP contribution in [0.25, 0.3) is 11.1 Å². The summed E-state index contributed by atoms with van der Waals surface area (Å²) in [5.74, 6) is 0.115. The van der Waals surface area contributed by atoms with E-state index in [1.165, 1.54) is 0 Å². The number of aromatic nitrogens is 1. The Morgan fingerprint density at radius 3 is 2.29 bits per heavy atom. The summed E-state index contributed by atoms with van der Waals surface area (Å²) in [4.78, 5) is 16.6. The van der Waals surface area contributed by atoms with E-state index in [1.54, 1.807) is 11.3 Å². The Bertz CT molecular complexity index is 744. The quantitative estimate of drug-likeness (QED) is 0.661. The largest absolute Gasteiger partial charge is 0.294 e. The Hall–Kier alpha value is -2.26. The van der Waals surface area contributed by atoms with Crippen molar-refractivity contribution in [3.05, 3.63) is 76.2 Å². The molecule has 3 aromatic rings. The van der Waals surface area contributed by atoms with E-state index in [0.717, 1.165) is 27.4 Å². The third-order valence-electron chi connectivity index (χ3n) is 3.29. The van der Waals surface area contributed by atoms with Gasteiger partial charge in [0, 0.05) is 16.6 Å². The highest BCUT2D eigenvalue weighted by Gasteiger charge is 2.09. The van der Waals surface area contributed by atoms with Crippen LogP contribution in [0.2, 0.25) is 0 Å². The molecule has 2 aromatic carbocycles. The number of ketones is 1. The molecule has 104 valence electrons. The van der Waals surface area contributed by atoms with Crippen LogP contribution in [0.4, 0.5) is 0 Å². The summed E-state index contributed by atoms with van der Waals surface area (Å²) in [5, 5.41) is 2.85. The topological polar surface area (TPSA) is 30.0 Å². The van der Waals surface area contributed by atoms with Gasteiger partial charge in [-0.15, -0.1) is 11.3 Å². The second-order valence-electron chi connectivity index (χ2n) is 4.93. The summed E-state index contributed by atoms with van der Waals surface area (Å²) in [6, 6.07) is 17.9. The lowest BCUT2D eigenvalue weighted by Crippen LogP contribution is -2.03. The molecule has 3 rings (SSSR count). The molecular weight excluding hydrogens is 278 g/mol. The molecule has 0 aliphatic heterocycles. The smallest absolute Gasteiger partial charge is 0.169 e. The van der Waals surface area contributed by atoms with Crippen molar-refractivity contribution in [2.75, 3.05) is 0 Å². The van der Waals surface area contributed by atoms with Gasteiger partial charge in [-0.2, -0.15) is 0 Å². The molecule has 2 nitrogen and oxygen atoms in total. The summed E-state index contributed by atoms with van der Waals surface area (Å²) in [6.07, 6.45) is 0.378. The highest BCUT2D eigenvalue weighted by Crippen LogP contribution is 2.20. The first kappa shape index (κ1) is 13.7. The molecule has 1 aromatic heterocycles. The zero-order valence-corrected chi connectivity index (χ0v) is 12.6. The summed E-state index contributed by atoms with van der Waals surface area (Å²) < 4.78 is 0. The van der Waals surface area contributed by atoms with E-state index in [2.05, 4.69) is 17.1 Å². The van der Waals surface area contributed by atoms with Crippen LogP contribution in [-0.4, -0.2) is 10.8 Å². The Kier molecular flexibility index (Phi) is 3.93. The van der Waals surface area contributed by atoms with E-state index in [1.807, 2.05) is 54.8 Å². The zero-order chi connectivity index (χ0) is 14.7. The summed E-state index contributed by atoms with van der Waals surface area (Å²) in [7, 11) is 0. The molecule has 0 aliphatic rings. The van der Waals surface area contributed by atoms with Crippen LogP contribution in [0.3, 0.4) is 0 Å². The maximum absolute atomic E-state index is 12.2. The third-order valence-corrected chi connectivity index (χ3v) is 4.26. The molecule has 0 spiro atoms. The SMILES string of the molecule is Cc1csc(CC(=O)c2ccc(-c3ccccc3)cc2)n1. The number of hydrogen-bond donors (Lipinski definition) is 0. The van der Waals surface area contributed by atoms with Crippen molar-refractivity contribution in [2.45, 2.75) is 13.3 Å². The van der Waals surface area contributed by atoms with Crippen molar-refractivity contribution in [1.82, 2.24) is 4.98 Å². The number of rotatable bonds is 4. The molecule has 3 heteroatoms. The molecule has 0 N–H and O–H groups in total. The van der Waals surface area contributed by atoms with Crippen LogP contribution in [0.5, 0.6) is 0 Å². The predicted octanol–water partition coefficient (Wildman–Crippen LogP) is 4.54. The van der Waals surface area contributed by atoms with E-state index in [4.69, 9.17) is 0 Å². The van der Waals surface area contributed by atoms with Gasteiger partial charge in [0.1, 0.15) is 5.01 Å². The highest BCUT2D eigenvalue weighted by molar-refractivity contribution is 7.09. The number of benzene rings is 2. The molecule has 0 bridgehead atoms. The van der Waals surface area contributed by atoms with Crippen molar-refractivity contribution >= 4 is 17.1 Å². The van der Waals surface area contributed by atoms with E-state index in [0.29, 0.717) is 6.42 Å². The van der Waals surface area contributed by atoms with Gasteiger partial charge in [-0.05, 0) is 18.1 Å². The fourth-order valence-electron chi connectivity index (χ4n) is 2.20. The van der Waals surface area contributed by atoms with Gasteiger partial charge in [-0.1, -0.05) is 54.6 Å². The van der Waals surface area contributed by atoms with Gasteiger partial charge in [-0.3, -0.25) is 4.79 Å². The normalized spacial score (nSPS) is 10.5. The van der Waals surface area contributed by atoms with Gasteiger partial charge in [0.15, 0.2) is 5.78 Å². The van der Waals surface area contributed by atoms with Gasteiger partial charge in [0.25, 0.3) is 0 Å². The van der Waals surface area contributed by atoms with Crippen molar-refractivity contribution < 1.29 is 4.79 Å². The molecule has 1 heterocycles. The number of carbonyl (C=O) groups excluding carboxylic acids is 1. The highest BCUT2D eigenvalue weighted by atomic mass is 32.1. The lowest BCUT2D eigenvalue weighted by Gasteiger charge is -2.03. The first-order chi connectivity index (χ1) is 10.2. The average molecular weight is 293 g/mol. The molecular formula is C18H15NOS. The van der Waals surface area contributed by atoms with Crippen molar-refractivity contribution in [2.24, 2.45) is 0 Å². The Labute approximate surface area is 128 Å². The Morgan fingerprint density at radius 2 is 1.67 bits per heavy atom. The fourth-order valence-corrected chi connectivity index (χ4v) is 2.97. The van der Waals surface area contributed by atoms with Crippen LogP contribution < -0.4 is 0 Å². The first-order valence-electron chi connectivity index (χ1n) is 6.82. The van der Waals surface area contributed by atoms with E-state index >= 15 is 0 Å². The van der Waals surface area contributed by atoms with Crippen LogP contribution in [0, 0.1) is 6.92 Å². The van der Waals surface area contributed by atoms with Crippen LogP contribution in [0.1, 0.15) is 21.1 Å². The standard InChI is InChI=1S/C18H15NOS/c1-13-12-21-18(19-13)11-17(20)16-9-7-15(8-10-16)14-5-3-2-4-6-14/h2-10,12H,11H2,1H3. The van der Waals surface area contributed by atoms with Gasteiger partial charge in [0.05, 0.1) is 6.42 Å². The van der Waals surface area contributed by atoms with Crippen LogP contribution >= 0.6 is 11.3 Å². The lowest BCUT2D eigenvalue weighted by molar-refractivity contribution is 0.0993. The monoisotopic (exact) mass is 293 g/mol. The van der Waals surface area contributed by atoms with Crippen molar-refractivity contribution in [3.63, 3.8) is 0 Å². The minimum Gasteiger partial charge on any atom is -0.294 e. The average Bonchev–Trinajstić information content (AvgIpc) is 2.93. The van der Waals surface area contributed by atoms with Crippen molar-refractivity contribution in [1.29, 1.82) is 0 Å². The summed E-state index contributed by atoms with van der Waals surface area (Å²) in [5.41, 5.74) is 3.99. The van der Waals surface area contributed by atoms with E-state index < -0.39 is 0 Å². The van der Waals surface area contributed by atoms with Gasteiger partial charge < -0.3 is 0 Å². The second-order valence-corrected chi connectivity index (χ2v) is 5.87. The van der Waals surface area contributed by atoms with Crippen LogP contribution in [-0.2, 0) is 6.42 Å². The second kappa shape index (κ2) is 6.02. The zero-order valence-electron chi connectivity index (χ0n) is 11.7. The molecule has 0 saturated heterocycles. The number of thiazole rings is 1. The van der Waals surface area contributed by atoms with Crippen molar-refractivity contribution in [3.8, 4) is 11.1 Å². The third kappa shape index (κ3) is 3.26. The van der Waals surface area contributed by atoms with E-state index in [9.17, 15) is 4.79 Å². The minimum atomic E-state index is 0.115. The molecule has 0 atom stereocenters. The molecule has 0 fully saturated rings. The maximum Gasteiger partial charge on any atom is 0.169 e. The van der Waals surface area contributed by atoms with E-state index in [-0.39, 0.29) is 5.78 Å². The number of Topliss-reactive ketones (excluding diaryl/α,β-unsaturated/α-hetero) is 1. The number of nitrogens with zero attached hydrogens (tertiary/aromatic N) is 1. The summed E-state index contributed by atoms with van der Waals surface area (Å²) >= 11 is 1.54. The number of hydrogen-bond acceptors (Lipinski definition) is 3. The molecule has 21 heavy (non-hydrogen) atoms. The molecule has 0 saturated carbocycles. The van der Waals surface area contributed by atoms with Crippen LogP contribution in [0.15, 0.2) is 60.0 Å². The maximum atomic E-state index is 12.2. The number of aryl methyl sites for hydroxylation is 1.